The first-order valence-electron chi connectivity index (χ1n) is 8.48. The Morgan fingerprint density at radius 2 is 2.04 bits per heavy atom. The first-order valence-corrected chi connectivity index (χ1v) is 8.85. The first-order chi connectivity index (χ1) is 11.4. The molecule has 1 saturated carbocycles. The van der Waals surface area contributed by atoms with E-state index in [2.05, 4.69) is 9.97 Å². The second-order valence-corrected chi connectivity index (χ2v) is 7.40. The maximum Gasteiger partial charge on any atom is 0.326 e. The minimum Gasteiger partial charge on any atom is -0.480 e. The standard InChI is InChI=1S/C17H22ClN3O3/c1-9(2)15-19-8-11(18)14(20-15)16(22)21-12-6-4-3-5-10(12)7-13(21)17(23)24/h8-10,12-13H,3-7H2,1-2H3,(H,23,24)/t10-,12+,13+/m1/s1. The number of carboxylic acid groups (broad SMARTS) is 1. The van der Waals surface area contributed by atoms with Gasteiger partial charge in [-0.05, 0) is 25.2 Å². The number of aromatic nitrogens is 2. The largest absolute Gasteiger partial charge is 0.480 e. The third-order valence-electron chi connectivity index (χ3n) is 5.09. The van der Waals surface area contributed by atoms with E-state index in [0.29, 0.717) is 12.2 Å². The predicted octanol–water partition coefficient (Wildman–Crippen LogP) is 3.11. The van der Waals surface area contributed by atoms with Crippen molar-refractivity contribution in [3.63, 3.8) is 0 Å². The molecule has 2 aliphatic rings. The van der Waals surface area contributed by atoms with Gasteiger partial charge in [-0.15, -0.1) is 0 Å². The van der Waals surface area contributed by atoms with E-state index >= 15 is 0 Å². The lowest BCUT2D eigenvalue weighted by Crippen LogP contribution is -2.46. The summed E-state index contributed by atoms with van der Waals surface area (Å²) in [5.41, 5.74) is 0.118. The Kier molecular flexibility index (Phi) is 4.76. The maximum absolute atomic E-state index is 13.1. The molecule has 1 saturated heterocycles. The summed E-state index contributed by atoms with van der Waals surface area (Å²) in [4.78, 5) is 34.8. The van der Waals surface area contributed by atoms with Crippen LogP contribution in [0.3, 0.4) is 0 Å². The number of carbonyl (C=O) groups is 2. The summed E-state index contributed by atoms with van der Waals surface area (Å²) in [7, 11) is 0. The summed E-state index contributed by atoms with van der Waals surface area (Å²) in [5.74, 6) is -0.480. The number of halogens is 1. The molecule has 3 atom stereocenters. The molecule has 0 spiro atoms. The van der Waals surface area contributed by atoms with Gasteiger partial charge in [-0.3, -0.25) is 4.79 Å². The number of rotatable bonds is 3. The fraction of sp³-hybridized carbons (Fsp3) is 0.647. The molecule has 0 bridgehead atoms. The number of nitrogens with zero attached hydrogens (tertiary/aromatic N) is 3. The minimum atomic E-state index is -0.952. The molecular formula is C17H22ClN3O3. The predicted molar refractivity (Wildman–Crippen MR) is 89.1 cm³/mol. The van der Waals surface area contributed by atoms with E-state index in [4.69, 9.17) is 11.6 Å². The summed E-state index contributed by atoms with van der Waals surface area (Å²) >= 11 is 6.16. The first kappa shape index (κ1) is 17.1. The van der Waals surface area contributed by atoms with Gasteiger partial charge in [-0.2, -0.15) is 0 Å². The lowest BCUT2D eigenvalue weighted by Gasteiger charge is -2.33. The highest BCUT2D eigenvalue weighted by Gasteiger charge is 2.48. The van der Waals surface area contributed by atoms with Gasteiger partial charge in [0.05, 0.1) is 11.2 Å². The van der Waals surface area contributed by atoms with Crippen LogP contribution in [0.25, 0.3) is 0 Å². The Morgan fingerprint density at radius 3 is 2.71 bits per heavy atom. The van der Waals surface area contributed by atoms with Crippen LogP contribution in [0, 0.1) is 5.92 Å². The van der Waals surface area contributed by atoms with Crippen LogP contribution < -0.4 is 0 Å². The normalized spacial score (nSPS) is 26.5. The SMILES string of the molecule is CC(C)c1ncc(Cl)c(C(=O)N2[C@H](C(=O)O)C[C@H]3CCCC[C@@H]32)n1. The van der Waals surface area contributed by atoms with Gasteiger partial charge < -0.3 is 10.0 Å². The Bertz CT molecular complexity index is 664. The highest BCUT2D eigenvalue weighted by Crippen LogP contribution is 2.40. The zero-order valence-corrected chi connectivity index (χ0v) is 14.7. The van der Waals surface area contributed by atoms with Gasteiger partial charge in [0.25, 0.3) is 5.91 Å². The number of hydrogen-bond donors (Lipinski definition) is 1. The van der Waals surface area contributed by atoms with Crippen molar-refractivity contribution in [2.75, 3.05) is 0 Å². The number of amides is 1. The van der Waals surface area contributed by atoms with E-state index in [0.717, 1.165) is 25.7 Å². The molecule has 1 aliphatic carbocycles. The molecule has 1 aromatic rings. The minimum absolute atomic E-state index is 0.0270. The van der Waals surface area contributed by atoms with E-state index in [1.54, 1.807) is 0 Å². The average molecular weight is 352 g/mol. The molecule has 0 aromatic carbocycles. The number of aliphatic carboxylic acids is 1. The second kappa shape index (κ2) is 6.67. The molecule has 7 heteroatoms. The zero-order valence-electron chi connectivity index (χ0n) is 13.9. The van der Waals surface area contributed by atoms with Crippen molar-refractivity contribution in [2.24, 2.45) is 5.92 Å². The molecule has 1 aromatic heterocycles. The Hall–Kier alpha value is -1.69. The average Bonchev–Trinajstić information content (AvgIpc) is 2.94. The van der Waals surface area contributed by atoms with Crippen LogP contribution in [0.1, 0.15) is 68.2 Å². The van der Waals surface area contributed by atoms with Crippen molar-refractivity contribution in [3.05, 3.63) is 22.7 Å². The molecule has 130 valence electrons. The quantitative estimate of drug-likeness (QED) is 0.904. The molecule has 3 rings (SSSR count). The summed E-state index contributed by atoms with van der Waals surface area (Å²) in [5, 5.41) is 9.75. The van der Waals surface area contributed by atoms with E-state index in [1.165, 1.54) is 11.1 Å². The van der Waals surface area contributed by atoms with Crippen LogP contribution in [-0.2, 0) is 4.79 Å². The van der Waals surface area contributed by atoms with Crippen molar-refractivity contribution < 1.29 is 14.7 Å². The highest BCUT2D eigenvalue weighted by atomic mass is 35.5. The highest BCUT2D eigenvalue weighted by molar-refractivity contribution is 6.33. The third kappa shape index (κ3) is 2.99. The van der Waals surface area contributed by atoms with Gasteiger partial charge in [-0.25, -0.2) is 14.8 Å². The fourth-order valence-electron chi connectivity index (χ4n) is 3.90. The van der Waals surface area contributed by atoms with Crippen LogP contribution in [0.5, 0.6) is 0 Å². The summed E-state index contributed by atoms with van der Waals surface area (Å²) in [6, 6.07) is -0.819. The van der Waals surface area contributed by atoms with Crippen molar-refractivity contribution in [1.82, 2.24) is 14.9 Å². The fourth-order valence-corrected chi connectivity index (χ4v) is 4.08. The maximum atomic E-state index is 13.1. The van der Waals surface area contributed by atoms with Crippen LogP contribution in [0.15, 0.2) is 6.20 Å². The monoisotopic (exact) mass is 351 g/mol. The van der Waals surface area contributed by atoms with Gasteiger partial charge in [0.2, 0.25) is 0 Å². The van der Waals surface area contributed by atoms with Gasteiger partial charge in [0.1, 0.15) is 11.9 Å². The van der Waals surface area contributed by atoms with Gasteiger partial charge >= 0.3 is 5.97 Å². The van der Waals surface area contributed by atoms with Crippen molar-refractivity contribution in [2.45, 2.75) is 64.0 Å². The second-order valence-electron chi connectivity index (χ2n) is 6.99. The Labute approximate surface area is 146 Å². The molecule has 1 N–H and O–H groups in total. The lowest BCUT2D eigenvalue weighted by molar-refractivity contribution is -0.141. The van der Waals surface area contributed by atoms with E-state index in [-0.39, 0.29) is 34.5 Å². The molecular weight excluding hydrogens is 330 g/mol. The Balaban J connectivity index is 1.97. The van der Waals surface area contributed by atoms with Crippen LogP contribution in [0.4, 0.5) is 0 Å². The van der Waals surface area contributed by atoms with E-state index in [9.17, 15) is 14.7 Å². The zero-order chi connectivity index (χ0) is 17.4. The number of hydrogen-bond acceptors (Lipinski definition) is 4. The third-order valence-corrected chi connectivity index (χ3v) is 5.37. The van der Waals surface area contributed by atoms with Crippen molar-refractivity contribution in [1.29, 1.82) is 0 Å². The molecule has 0 unspecified atom stereocenters. The van der Waals surface area contributed by atoms with Crippen LogP contribution in [0.2, 0.25) is 5.02 Å². The number of likely N-dealkylation sites (tertiary alicyclic amines) is 1. The van der Waals surface area contributed by atoms with Crippen molar-refractivity contribution >= 4 is 23.5 Å². The number of carboxylic acids is 1. The Morgan fingerprint density at radius 1 is 1.33 bits per heavy atom. The number of fused-ring (bicyclic) bond motifs is 1. The molecule has 6 nitrogen and oxygen atoms in total. The van der Waals surface area contributed by atoms with Gasteiger partial charge in [0, 0.05) is 12.0 Å². The molecule has 0 radical (unpaired) electrons. The molecule has 1 amide bonds. The van der Waals surface area contributed by atoms with Crippen LogP contribution >= 0.6 is 11.6 Å². The molecule has 24 heavy (non-hydrogen) atoms. The lowest BCUT2D eigenvalue weighted by atomic mass is 9.84. The van der Waals surface area contributed by atoms with E-state index < -0.39 is 12.0 Å². The van der Waals surface area contributed by atoms with Gasteiger partial charge in [-0.1, -0.05) is 38.3 Å². The summed E-state index contributed by atoms with van der Waals surface area (Å²) in [6.45, 7) is 3.87. The van der Waals surface area contributed by atoms with Crippen LogP contribution in [-0.4, -0.2) is 43.9 Å². The smallest absolute Gasteiger partial charge is 0.326 e. The summed E-state index contributed by atoms with van der Waals surface area (Å²) in [6.07, 6.45) is 5.90. The van der Waals surface area contributed by atoms with Crippen molar-refractivity contribution in [3.8, 4) is 0 Å². The molecule has 2 fully saturated rings. The van der Waals surface area contributed by atoms with Gasteiger partial charge in [0.15, 0.2) is 5.69 Å². The molecule has 2 heterocycles. The van der Waals surface area contributed by atoms with E-state index in [1.807, 2.05) is 13.8 Å². The summed E-state index contributed by atoms with van der Waals surface area (Å²) < 4.78 is 0. The topological polar surface area (TPSA) is 83.4 Å². The molecule has 1 aliphatic heterocycles. The number of carbonyl (C=O) groups excluding carboxylic acids is 1.